The van der Waals surface area contributed by atoms with E-state index in [1.54, 1.807) is 6.92 Å². The molecule has 116 valence electrons. The average Bonchev–Trinajstić information content (AvgIpc) is 3.00. The summed E-state index contributed by atoms with van der Waals surface area (Å²) in [4.78, 5) is 14.4. The van der Waals surface area contributed by atoms with Crippen molar-refractivity contribution in [3.8, 4) is 6.07 Å². The topological polar surface area (TPSA) is 44.1 Å². The van der Waals surface area contributed by atoms with Crippen molar-refractivity contribution in [3.05, 3.63) is 71.3 Å². The van der Waals surface area contributed by atoms with Crippen LogP contribution in [0.25, 0.3) is 0 Å². The van der Waals surface area contributed by atoms with E-state index in [9.17, 15) is 4.79 Å². The predicted molar refractivity (Wildman–Crippen MR) is 89.8 cm³/mol. The van der Waals surface area contributed by atoms with Crippen LogP contribution in [0.2, 0.25) is 0 Å². The summed E-state index contributed by atoms with van der Waals surface area (Å²) in [6.07, 6.45) is 0. The molecule has 3 rings (SSSR count). The van der Waals surface area contributed by atoms with E-state index in [0.717, 1.165) is 25.2 Å². The van der Waals surface area contributed by atoms with Gasteiger partial charge in [-0.1, -0.05) is 42.5 Å². The van der Waals surface area contributed by atoms with Gasteiger partial charge in [0.2, 0.25) is 0 Å². The van der Waals surface area contributed by atoms with Gasteiger partial charge in [0.05, 0.1) is 11.6 Å². The first-order valence-electron chi connectivity index (χ1n) is 7.94. The minimum atomic E-state index is 0.0339. The molecule has 1 aliphatic heterocycles. The van der Waals surface area contributed by atoms with Gasteiger partial charge in [0.1, 0.15) is 5.78 Å². The van der Waals surface area contributed by atoms with Crippen molar-refractivity contribution in [1.82, 2.24) is 4.90 Å². The van der Waals surface area contributed by atoms with E-state index >= 15 is 0 Å². The van der Waals surface area contributed by atoms with Crippen molar-refractivity contribution in [2.24, 2.45) is 5.92 Å². The maximum absolute atomic E-state index is 12.1. The molecule has 2 aromatic carbocycles. The lowest BCUT2D eigenvalue weighted by Crippen LogP contribution is -2.22. The minimum absolute atomic E-state index is 0.0339. The number of carbonyl (C=O) groups is 1. The summed E-state index contributed by atoms with van der Waals surface area (Å²) < 4.78 is 0. The molecular weight excluding hydrogens is 284 g/mol. The van der Waals surface area contributed by atoms with Gasteiger partial charge in [-0.2, -0.15) is 5.26 Å². The van der Waals surface area contributed by atoms with Gasteiger partial charge in [-0.05, 0) is 30.2 Å². The summed E-state index contributed by atoms with van der Waals surface area (Å²) in [5.74, 6) is 0.491. The number of hydrogen-bond donors (Lipinski definition) is 0. The number of nitrogens with zero attached hydrogens (tertiary/aromatic N) is 2. The lowest BCUT2D eigenvalue weighted by molar-refractivity contribution is -0.120. The number of carbonyl (C=O) groups excluding carboxylic acids is 1. The zero-order valence-corrected chi connectivity index (χ0v) is 13.3. The fourth-order valence-electron chi connectivity index (χ4n) is 3.41. The lowest BCUT2D eigenvalue weighted by Gasteiger charge is -2.16. The highest BCUT2D eigenvalue weighted by Crippen LogP contribution is 2.34. The van der Waals surface area contributed by atoms with E-state index in [1.165, 1.54) is 5.56 Å². The highest BCUT2D eigenvalue weighted by molar-refractivity contribution is 5.80. The van der Waals surface area contributed by atoms with Crippen LogP contribution in [-0.4, -0.2) is 23.8 Å². The number of likely N-dealkylation sites (tertiary alicyclic amines) is 1. The fraction of sp³-hybridized carbons (Fsp3) is 0.300. The van der Waals surface area contributed by atoms with Gasteiger partial charge in [0, 0.05) is 31.5 Å². The van der Waals surface area contributed by atoms with Crippen molar-refractivity contribution in [3.63, 3.8) is 0 Å². The largest absolute Gasteiger partial charge is 0.300 e. The summed E-state index contributed by atoms with van der Waals surface area (Å²) >= 11 is 0. The van der Waals surface area contributed by atoms with Gasteiger partial charge in [0.25, 0.3) is 0 Å². The molecule has 3 heteroatoms. The molecule has 0 amide bonds. The van der Waals surface area contributed by atoms with E-state index in [2.05, 4.69) is 23.1 Å². The molecule has 23 heavy (non-hydrogen) atoms. The molecule has 0 N–H and O–H groups in total. The molecule has 0 radical (unpaired) electrons. The number of Topliss-reactive ketones (excluding diaryl/α,β-unsaturated/α-hetero) is 1. The average molecular weight is 304 g/mol. The summed E-state index contributed by atoms with van der Waals surface area (Å²) in [5.41, 5.74) is 3.09. The predicted octanol–water partition coefficient (Wildman–Crippen LogP) is 3.36. The molecule has 3 nitrogen and oxygen atoms in total. The van der Waals surface area contributed by atoms with Crippen molar-refractivity contribution in [1.29, 1.82) is 5.26 Å². The van der Waals surface area contributed by atoms with Crippen LogP contribution < -0.4 is 0 Å². The molecule has 2 aromatic rings. The summed E-state index contributed by atoms with van der Waals surface area (Å²) in [5, 5.41) is 8.93. The Morgan fingerprint density at radius 1 is 1.13 bits per heavy atom. The van der Waals surface area contributed by atoms with Gasteiger partial charge >= 0.3 is 0 Å². The first-order valence-corrected chi connectivity index (χ1v) is 7.94. The van der Waals surface area contributed by atoms with Gasteiger partial charge < -0.3 is 0 Å². The number of nitriles is 1. The number of hydrogen-bond acceptors (Lipinski definition) is 3. The highest BCUT2D eigenvalue weighted by atomic mass is 16.1. The van der Waals surface area contributed by atoms with Gasteiger partial charge in [-0.3, -0.25) is 9.69 Å². The maximum Gasteiger partial charge on any atom is 0.134 e. The molecule has 1 heterocycles. The van der Waals surface area contributed by atoms with Crippen LogP contribution in [0.5, 0.6) is 0 Å². The van der Waals surface area contributed by atoms with Gasteiger partial charge in [0.15, 0.2) is 0 Å². The number of benzene rings is 2. The highest BCUT2D eigenvalue weighted by Gasteiger charge is 2.36. The molecule has 2 unspecified atom stereocenters. The Hall–Kier alpha value is -2.44. The van der Waals surface area contributed by atoms with Crippen LogP contribution in [0.15, 0.2) is 54.6 Å². The van der Waals surface area contributed by atoms with E-state index in [1.807, 2.05) is 42.5 Å². The first kappa shape index (κ1) is 15.5. The lowest BCUT2D eigenvalue weighted by atomic mass is 9.86. The summed E-state index contributed by atoms with van der Waals surface area (Å²) in [6.45, 7) is 4.24. The third kappa shape index (κ3) is 3.49. The Morgan fingerprint density at radius 2 is 1.83 bits per heavy atom. The number of ketones is 1. The SMILES string of the molecule is CC(=O)C1CN(Cc2ccccc2)CC1c1ccc(C#N)cc1. The molecule has 2 atom stereocenters. The van der Waals surface area contributed by atoms with Gasteiger partial charge in [-0.25, -0.2) is 0 Å². The normalized spacial score (nSPS) is 21.0. The van der Waals surface area contributed by atoms with Crippen molar-refractivity contribution in [2.45, 2.75) is 19.4 Å². The Bertz CT molecular complexity index is 716. The van der Waals surface area contributed by atoms with E-state index in [-0.39, 0.29) is 17.6 Å². The van der Waals surface area contributed by atoms with Gasteiger partial charge in [-0.15, -0.1) is 0 Å². The third-order valence-corrected chi connectivity index (χ3v) is 4.63. The van der Waals surface area contributed by atoms with E-state index in [0.29, 0.717) is 5.56 Å². The third-order valence-electron chi connectivity index (χ3n) is 4.63. The smallest absolute Gasteiger partial charge is 0.134 e. The Kier molecular flexibility index (Phi) is 4.55. The maximum atomic E-state index is 12.1. The molecule has 1 fully saturated rings. The molecule has 1 saturated heterocycles. The molecular formula is C20H20N2O. The van der Waals surface area contributed by atoms with Crippen LogP contribution >= 0.6 is 0 Å². The standard InChI is InChI=1S/C20H20N2O/c1-15(23)19-13-22(12-17-5-3-2-4-6-17)14-20(19)18-9-7-16(11-21)8-10-18/h2-10,19-20H,12-14H2,1H3. The molecule has 0 aromatic heterocycles. The monoisotopic (exact) mass is 304 g/mol. The molecule has 1 aliphatic rings. The summed E-state index contributed by atoms with van der Waals surface area (Å²) in [7, 11) is 0. The molecule has 0 aliphatic carbocycles. The molecule has 0 spiro atoms. The van der Waals surface area contributed by atoms with Crippen molar-refractivity contribution >= 4 is 5.78 Å². The van der Waals surface area contributed by atoms with Crippen LogP contribution in [-0.2, 0) is 11.3 Å². The molecule has 0 saturated carbocycles. The second-order valence-corrected chi connectivity index (χ2v) is 6.24. The van der Waals surface area contributed by atoms with Crippen LogP contribution in [0.3, 0.4) is 0 Å². The van der Waals surface area contributed by atoms with Crippen molar-refractivity contribution in [2.75, 3.05) is 13.1 Å². The van der Waals surface area contributed by atoms with Crippen LogP contribution in [0.1, 0.15) is 29.5 Å². The fourth-order valence-corrected chi connectivity index (χ4v) is 3.41. The zero-order chi connectivity index (χ0) is 16.2. The quantitative estimate of drug-likeness (QED) is 0.870. The molecule has 0 bridgehead atoms. The Morgan fingerprint density at radius 3 is 2.43 bits per heavy atom. The minimum Gasteiger partial charge on any atom is -0.300 e. The summed E-state index contributed by atoms with van der Waals surface area (Å²) in [6, 6.07) is 20.2. The van der Waals surface area contributed by atoms with E-state index < -0.39 is 0 Å². The van der Waals surface area contributed by atoms with E-state index in [4.69, 9.17) is 5.26 Å². The second kappa shape index (κ2) is 6.76. The Labute approximate surface area is 137 Å². The first-order chi connectivity index (χ1) is 11.2. The second-order valence-electron chi connectivity index (χ2n) is 6.24. The zero-order valence-electron chi connectivity index (χ0n) is 13.3. The number of rotatable bonds is 4. The Balaban J connectivity index is 1.78. The van der Waals surface area contributed by atoms with Crippen LogP contribution in [0, 0.1) is 17.2 Å². The van der Waals surface area contributed by atoms with Crippen LogP contribution in [0.4, 0.5) is 0 Å². The van der Waals surface area contributed by atoms with Crippen molar-refractivity contribution < 1.29 is 4.79 Å².